The topological polar surface area (TPSA) is 94.9 Å². The fourth-order valence-electron chi connectivity index (χ4n) is 3.90. The second kappa shape index (κ2) is 8.91. The van der Waals surface area contributed by atoms with Crippen LogP contribution in [0.4, 0.5) is 0 Å². The summed E-state index contributed by atoms with van der Waals surface area (Å²) in [5, 5.41) is 13.2. The maximum atomic E-state index is 12.7. The molecule has 3 heterocycles. The Morgan fingerprint density at radius 1 is 1.17 bits per heavy atom. The molecule has 2 aromatic heterocycles. The zero-order valence-corrected chi connectivity index (χ0v) is 18.2. The van der Waals surface area contributed by atoms with Gasteiger partial charge in [0.2, 0.25) is 11.1 Å². The number of likely N-dealkylation sites (tertiary alicyclic amines) is 1. The number of rotatable bonds is 6. The highest BCUT2D eigenvalue weighted by molar-refractivity contribution is 7.99. The van der Waals surface area contributed by atoms with Crippen LogP contribution >= 0.6 is 11.8 Å². The molecule has 0 aliphatic carbocycles. The van der Waals surface area contributed by atoms with Gasteiger partial charge in [-0.25, -0.2) is 9.36 Å². The van der Waals surface area contributed by atoms with Crippen molar-refractivity contribution in [1.29, 1.82) is 0 Å². The van der Waals surface area contributed by atoms with Gasteiger partial charge in [0.1, 0.15) is 0 Å². The fourth-order valence-corrected chi connectivity index (χ4v) is 4.65. The molecule has 8 nitrogen and oxygen atoms in total. The van der Waals surface area contributed by atoms with Crippen LogP contribution in [-0.2, 0) is 11.2 Å². The van der Waals surface area contributed by atoms with Crippen LogP contribution in [0, 0.1) is 19.8 Å². The summed E-state index contributed by atoms with van der Waals surface area (Å²) in [4.78, 5) is 14.6. The van der Waals surface area contributed by atoms with Crippen molar-refractivity contribution >= 4 is 17.7 Å². The minimum Gasteiger partial charge on any atom is -0.342 e. The zero-order valence-electron chi connectivity index (χ0n) is 17.4. The van der Waals surface area contributed by atoms with E-state index in [1.54, 1.807) is 4.68 Å². The van der Waals surface area contributed by atoms with Gasteiger partial charge in [-0.3, -0.25) is 4.79 Å². The van der Waals surface area contributed by atoms with E-state index >= 15 is 0 Å². The Labute approximate surface area is 180 Å². The molecule has 0 radical (unpaired) electrons. The van der Waals surface area contributed by atoms with E-state index < -0.39 is 0 Å². The summed E-state index contributed by atoms with van der Waals surface area (Å²) in [5.41, 5.74) is 3.19. The predicted molar refractivity (Wildman–Crippen MR) is 117 cm³/mol. The Morgan fingerprint density at radius 2 is 1.90 bits per heavy atom. The number of amides is 1. The highest BCUT2D eigenvalue weighted by Crippen LogP contribution is 2.23. The number of hydrogen-bond donors (Lipinski definition) is 1. The summed E-state index contributed by atoms with van der Waals surface area (Å²) >= 11 is 1.31. The maximum Gasteiger partial charge on any atom is 0.271 e. The lowest BCUT2D eigenvalue weighted by atomic mass is 9.90. The molecule has 1 aliphatic heterocycles. The van der Waals surface area contributed by atoms with Gasteiger partial charge in [-0.1, -0.05) is 42.1 Å². The second-order valence-electron chi connectivity index (χ2n) is 7.79. The van der Waals surface area contributed by atoms with E-state index in [2.05, 4.69) is 39.6 Å². The summed E-state index contributed by atoms with van der Waals surface area (Å²) in [6.07, 6.45) is 3.17. The van der Waals surface area contributed by atoms with Crippen molar-refractivity contribution in [3.63, 3.8) is 0 Å². The first-order chi connectivity index (χ1) is 14.5. The van der Waals surface area contributed by atoms with E-state index in [4.69, 9.17) is 5.84 Å². The number of aromatic nitrogens is 5. The van der Waals surface area contributed by atoms with Crippen LogP contribution in [0.1, 0.15) is 29.8 Å². The molecule has 2 N–H and O–H groups in total. The summed E-state index contributed by atoms with van der Waals surface area (Å²) in [6, 6.07) is 12.5. The first-order valence-corrected chi connectivity index (χ1v) is 11.2. The summed E-state index contributed by atoms with van der Waals surface area (Å²) in [5.74, 6) is 7.66. The van der Waals surface area contributed by atoms with E-state index in [1.165, 1.54) is 22.0 Å². The molecule has 4 rings (SSSR count). The monoisotopic (exact) mass is 425 g/mol. The number of thioether (sulfide) groups is 1. The number of nitrogens with two attached hydrogens (primary N) is 1. The van der Waals surface area contributed by atoms with Gasteiger partial charge in [-0.2, -0.15) is 5.10 Å². The van der Waals surface area contributed by atoms with Gasteiger partial charge in [0.25, 0.3) is 5.95 Å². The van der Waals surface area contributed by atoms with Crippen LogP contribution in [0.3, 0.4) is 0 Å². The normalized spacial score (nSPS) is 14.9. The molecule has 0 bridgehead atoms. The number of aryl methyl sites for hydroxylation is 2. The van der Waals surface area contributed by atoms with Gasteiger partial charge < -0.3 is 10.7 Å². The smallest absolute Gasteiger partial charge is 0.271 e. The molecular formula is C21H27N7OS. The van der Waals surface area contributed by atoms with Crippen molar-refractivity contribution in [2.75, 3.05) is 24.7 Å². The van der Waals surface area contributed by atoms with Crippen LogP contribution in [0.15, 0.2) is 41.6 Å². The molecule has 3 aromatic rings. The van der Waals surface area contributed by atoms with E-state index in [-0.39, 0.29) is 5.91 Å². The van der Waals surface area contributed by atoms with E-state index in [1.807, 2.05) is 30.9 Å². The molecule has 0 saturated carbocycles. The third kappa shape index (κ3) is 4.51. The Kier molecular flexibility index (Phi) is 6.08. The number of benzene rings is 1. The van der Waals surface area contributed by atoms with Gasteiger partial charge >= 0.3 is 0 Å². The van der Waals surface area contributed by atoms with Gasteiger partial charge in [-0.15, -0.1) is 10.2 Å². The number of carbonyl (C=O) groups is 1. The molecule has 158 valence electrons. The molecule has 1 aromatic carbocycles. The summed E-state index contributed by atoms with van der Waals surface area (Å²) in [6.45, 7) is 5.47. The first-order valence-electron chi connectivity index (χ1n) is 10.2. The van der Waals surface area contributed by atoms with Gasteiger partial charge in [0.05, 0.1) is 11.4 Å². The number of carbonyl (C=O) groups excluding carboxylic acids is 1. The number of hydrogen-bond acceptors (Lipinski definition) is 6. The highest BCUT2D eigenvalue weighted by atomic mass is 32.2. The first kappa shape index (κ1) is 20.5. The highest BCUT2D eigenvalue weighted by Gasteiger charge is 2.24. The Bertz CT molecular complexity index is 1010. The fraction of sp³-hybridized carbons (Fsp3) is 0.429. The predicted octanol–water partition coefficient (Wildman–Crippen LogP) is 2.37. The maximum absolute atomic E-state index is 12.7. The molecule has 9 heteroatoms. The lowest BCUT2D eigenvalue weighted by Crippen LogP contribution is -2.39. The van der Waals surface area contributed by atoms with Crippen LogP contribution in [0.2, 0.25) is 0 Å². The quantitative estimate of drug-likeness (QED) is 0.481. The van der Waals surface area contributed by atoms with E-state index in [0.717, 1.165) is 43.7 Å². The Hall–Kier alpha value is -2.81. The molecule has 1 fully saturated rings. The average molecular weight is 426 g/mol. The Morgan fingerprint density at radius 3 is 2.57 bits per heavy atom. The van der Waals surface area contributed by atoms with Crippen molar-refractivity contribution in [2.45, 2.75) is 38.3 Å². The van der Waals surface area contributed by atoms with Crippen molar-refractivity contribution in [1.82, 2.24) is 29.6 Å². The van der Waals surface area contributed by atoms with Crippen molar-refractivity contribution < 1.29 is 4.79 Å². The minimum atomic E-state index is 0.119. The third-order valence-electron chi connectivity index (χ3n) is 5.50. The van der Waals surface area contributed by atoms with Crippen molar-refractivity contribution in [2.24, 2.45) is 5.92 Å². The van der Waals surface area contributed by atoms with E-state index in [0.29, 0.717) is 22.8 Å². The zero-order chi connectivity index (χ0) is 21.1. The van der Waals surface area contributed by atoms with Crippen LogP contribution in [0.25, 0.3) is 5.95 Å². The minimum absolute atomic E-state index is 0.119. The Balaban J connectivity index is 1.29. The van der Waals surface area contributed by atoms with Crippen molar-refractivity contribution in [3.05, 3.63) is 53.3 Å². The molecule has 30 heavy (non-hydrogen) atoms. The van der Waals surface area contributed by atoms with Gasteiger partial charge in [0.15, 0.2) is 0 Å². The molecule has 1 saturated heterocycles. The largest absolute Gasteiger partial charge is 0.342 e. The molecule has 0 spiro atoms. The van der Waals surface area contributed by atoms with E-state index in [9.17, 15) is 4.79 Å². The van der Waals surface area contributed by atoms with Crippen LogP contribution in [-0.4, -0.2) is 54.3 Å². The molecule has 0 unspecified atom stereocenters. The van der Waals surface area contributed by atoms with Gasteiger partial charge in [-0.05, 0) is 50.7 Å². The lowest BCUT2D eigenvalue weighted by Gasteiger charge is -2.32. The van der Waals surface area contributed by atoms with Crippen LogP contribution in [0.5, 0.6) is 0 Å². The molecule has 1 aliphatic rings. The van der Waals surface area contributed by atoms with Crippen molar-refractivity contribution in [3.8, 4) is 5.95 Å². The number of piperidine rings is 1. The molecule has 0 atom stereocenters. The molecule has 1 amide bonds. The second-order valence-corrected chi connectivity index (χ2v) is 8.74. The number of nitrogens with zero attached hydrogens (tertiary/aromatic N) is 6. The average Bonchev–Trinajstić information content (AvgIpc) is 3.28. The van der Waals surface area contributed by atoms with Gasteiger partial charge in [0, 0.05) is 18.8 Å². The van der Waals surface area contributed by atoms with Crippen LogP contribution < -0.4 is 5.84 Å². The lowest BCUT2D eigenvalue weighted by molar-refractivity contribution is -0.129. The SMILES string of the molecule is Cc1cc(C)n(-c2nnc(SCC(=O)N3CCC(Cc4ccccc4)CC3)n2N)n1. The standard InChI is InChI=1S/C21H27N7OS/c1-15-12-16(2)28(25-15)20-23-24-21(27(20)22)30-14-19(29)26-10-8-18(9-11-26)13-17-6-4-3-5-7-17/h3-7,12,18H,8-11,13-14,22H2,1-2H3. The molecular weight excluding hydrogens is 398 g/mol. The third-order valence-corrected chi connectivity index (χ3v) is 6.43. The summed E-state index contributed by atoms with van der Waals surface area (Å²) < 4.78 is 3.05. The number of nitrogen functional groups attached to an aromatic ring is 1. The summed E-state index contributed by atoms with van der Waals surface area (Å²) in [7, 11) is 0.